The number of fused-ring (bicyclic) bond motifs is 6. The molecule has 42 heavy (non-hydrogen) atoms. The molecule has 1 saturated heterocycles. The molecule has 0 radical (unpaired) electrons. The van der Waals surface area contributed by atoms with Crippen LogP contribution in [-0.4, -0.2) is 61.4 Å². The second-order valence-electron chi connectivity index (χ2n) is 13.6. The summed E-state index contributed by atoms with van der Waals surface area (Å²) in [5.41, 5.74) is 3.51. The number of rotatable bonds is 4. The topological polar surface area (TPSA) is 115 Å². The monoisotopic (exact) mass is 586 g/mol. The van der Waals surface area contributed by atoms with Crippen LogP contribution in [0, 0.1) is 10.8 Å². The van der Waals surface area contributed by atoms with Crippen LogP contribution in [0.25, 0.3) is 21.8 Å². The molecule has 2 atom stereocenters. The molecule has 2 fully saturated rings. The van der Waals surface area contributed by atoms with Gasteiger partial charge in [-0.15, -0.1) is 0 Å². The normalized spacial score (nSPS) is 22.8. The third kappa shape index (κ3) is 4.49. The van der Waals surface area contributed by atoms with Crippen LogP contribution in [0.3, 0.4) is 0 Å². The van der Waals surface area contributed by atoms with Crippen molar-refractivity contribution in [2.45, 2.75) is 64.8 Å². The SMILES string of the molecule is CC(C)(C)CN1Cc2c(cc(Cl)c3[nH]ncc23)[C@H]2CC2(CC(=O)N2CCC(c3cc4cnccc4[nH]c3=O)CC2)C1=O. The number of pyridine rings is 2. The van der Waals surface area contributed by atoms with E-state index < -0.39 is 5.41 Å². The Morgan fingerprint density at radius 1 is 1.14 bits per heavy atom. The van der Waals surface area contributed by atoms with Gasteiger partial charge in [0.05, 0.1) is 27.7 Å². The molecule has 10 heteroatoms. The maximum atomic E-state index is 14.3. The van der Waals surface area contributed by atoms with Gasteiger partial charge in [0.2, 0.25) is 11.8 Å². The average molecular weight is 587 g/mol. The highest BCUT2D eigenvalue weighted by atomic mass is 35.5. The summed E-state index contributed by atoms with van der Waals surface area (Å²) in [4.78, 5) is 51.9. The zero-order valence-corrected chi connectivity index (χ0v) is 24.9. The molecule has 0 spiro atoms. The number of nitrogens with one attached hydrogen (secondary N) is 2. The first-order chi connectivity index (χ1) is 20.0. The Bertz CT molecular complexity index is 1800. The largest absolute Gasteiger partial charge is 0.343 e. The maximum Gasteiger partial charge on any atom is 0.251 e. The van der Waals surface area contributed by atoms with Crippen LogP contribution in [-0.2, 0) is 16.1 Å². The van der Waals surface area contributed by atoms with Gasteiger partial charge in [-0.05, 0) is 59.9 Å². The summed E-state index contributed by atoms with van der Waals surface area (Å²) in [5.74, 6) is 0.0944. The zero-order valence-electron chi connectivity index (χ0n) is 24.2. The highest BCUT2D eigenvalue weighted by molar-refractivity contribution is 6.35. The van der Waals surface area contributed by atoms with Crippen molar-refractivity contribution in [2.24, 2.45) is 10.8 Å². The Morgan fingerprint density at radius 3 is 2.69 bits per heavy atom. The first-order valence-corrected chi connectivity index (χ1v) is 15.1. The van der Waals surface area contributed by atoms with E-state index in [-0.39, 0.29) is 41.0 Å². The van der Waals surface area contributed by atoms with Gasteiger partial charge in [0.25, 0.3) is 5.56 Å². The van der Waals surface area contributed by atoms with Gasteiger partial charge in [-0.1, -0.05) is 32.4 Å². The van der Waals surface area contributed by atoms with E-state index >= 15 is 0 Å². The fourth-order valence-corrected chi connectivity index (χ4v) is 7.58. The van der Waals surface area contributed by atoms with Gasteiger partial charge >= 0.3 is 0 Å². The molecule has 1 unspecified atom stereocenters. The Balaban J connectivity index is 1.13. The van der Waals surface area contributed by atoms with Gasteiger partial charge in [-0.3, -0.25) is 24.5 Å². The first kappa shape index (κ1) is 27.1. The Kier molecular flexibility index (Phi) is 6.24. The van der Waals surface area contributed by atoms with Crippen molar-refractivity contribution >= 4 is 45.2 Å². The van der Waals surface area contributed by atoms with E-state index in [1.165, 1.54) is 0 Å². The lowest BCUT2D eigenvalue weighted by Gasteiger charge is -2.35. The summed E-state index contributed by atoms with van der Waals surface area (Å²) in [7, 11) is 0. The van der Waals surface area contributed by atoms with Crippen molar-refractivity contribution in [1.82, 2.24) is 30.0 Å². The van der Waals surface area contributed by atoms with Gasteiger partial charge in [-0.25, -0.2) is 0 Å². The van der Waals surface area contributed by atoms with Crippen LogP contribution in [0.1, 0.15) is 75.0 Å². The van der Waals surface area contributed by atoms with E-state index in [0.29, 0.717) is 50.5 Å². The number of halogens is 1. The number of amides is 2. The number of carbonyl (C=O) groups is 2. The number of aromatic amines is 2. The number of carbonyl (C=O) groups excluding carboxylic acids is 2. The van der Waals surface area contributed by atoms with Crippen molar-refractivity contribution < 1.29 is 9.59 Å². The van der Waals surface area contributed by atoms with Crippen molar-refractivity contribution in [3.63, 3.8) is 0 Å². The fraction of sp³-hybridized carbons (Fsp3) is 0.469. The maximum absolute atomic E-state index is 14.3. The van der Waals surface area contributed by atoms with Gasteiger partial charge in [-0.2, -0.15) is 5.10 Å². The predicted octanol–water partition coefficient (Wildman–Crippen LogP) is 5.11. The number of hydrogen-bond acceptors (Lipinski definition) is 5. The molecule has 1 aliphatic carbocycles. The number of piperidine rings is 1. The third-order valence-corrected chi connectivity index (χ3v) is 9.74. The number of benzene rings is 1. The summed E-state index contributed by atoms with van der Waals surface area (Å²) < 4.78 is 0. The molecule has 3 aliphatic rings. The lowest BCUT2D eigenvalue weighted by molar-refractivity contribution is -0.144. The number of aromatic nitrogens is 4. The van der Waals surface area contributed by atoms with Crippen LogP contribution in [0.15, 0.2) is 41.6 Å². The van der Waals surface area contributed by atoms with Crippen molar-refractivity contribution in [3.05, 3.63) is 68.9 Å². The minimum atomic E-state index is -0.756. The van der Waals surface area contributed by atoms with Crippen LogP contribution in [0.4, 0.5) is 0 Å². The van der Waals surface area contributed by atoms with E-state index in [1.807, 2.05) is 21.9 Å². The van der Waals surface area contributed by atoms with Crippen LogP contribution in [0.2, 0.25) is 5.02 Å². The standard InChI is InChI=1S/C32H35ClN6O3/c1-31(2,3)17-39-16-23-21(11-25(33)28-22(23)15-35-37-28)24-12-32(24,30(39)42)13-27(40)38-8-5-18(6-9-38)20-10-19-14-34-7-4-26(19)36-29(20)41/h4,7,10-11,14-15,18,24H,5-6,8-9,12-13,16-17H2,1-3H3,(H,35,37)(H,36,41)/t24-,32?/m1/s1. The Morgan fingerprint density at radius 2 is 1.93 bits per heavy atom. The van der Waals surface area contributed by atoms with E-state index in [2.05, 4.69) is 40.9 Å². The number of nitrogens with zero attached hydrogens (tertiary/aromatic N) is 4. The second-order valence-corrected chi connectivity index (χ2v) is 14.0. The molecule has 3 aromatic heterocycles. The van der Waals surface area contributed by atoms with Crippen LogP contribution >= 0.6 is 11.6 Å². The minimum Gasteiger partial charge on any atom is -0.343 e. The quantitative estimate of drug-likeness (QED) is 0.345. The molecule has 1 aromatic carbocycles. The van der Waals surface area contributed by atoms with Crippen molar-refractivity contribution in [1.29, 1.82) is 0 Å². The number of hydrogen-bond donors (Lipinski definition) is 2. The van der Waals surface area contributed by atoms with Gasteiger partial charge < -0.3 is 14.8 Å². The molecule has 9 nitrogen and oxygen atoms in total. The van der Waals surface area contributed by atoms with Crippen molar-refractivity contribution in [2.75, 3.05) is 19.6 Å². The summed E-state index contributed by atoms with van der Waals surface area (Å²) in [5, 5.41) is 9.68. The Hall–Kier alpha value is -3.72. The van der Waals surface area contributed by atoms with E-state index in [4.69, 9.17) is 11.6 Å². The zero-order chi connectivity index (χ0) is 29.4. The molecule has 1 saturated carbocycles. The smallest absolute Gasteiger partial charge is 0.251 e. The van der Waals surface area contributed by atoms with Crippen molar-refractivity contribution in [3.8, 4) is 0 Å². The van der Waals surface area contributed by atoms with E-state index in [1.54, 1.807) is 24.7 Å². The van der Waals surface area contributed by atoms with Gasteiger partial charge in [0.1, 0.15) is 0 Å². The van der Waals surface area contributed by atoms with Crippen LogP contribution < -0.4 is 5.56 Å². The highest BCUT2D eigenvalue weighted by Gasteiger charge is 2.64. The minimum absolute atomic E-state index is 0.00978. The summed E-state index contributed by atoms with van der Waals surface area (Å²) >= 11 is 6.66. The summed E-state index contributed by atoms with van der Waals surface area (Å²) in [6.07, 6.45) is 7.46. The highest BCUT2D eigenvalue weighted by Crippen LogP contribution is 2.65. The molecular weight excluding hydrogens is 552 g/mol. The third-order valence-electron chi connectivity index (χ3n) is 9.44. The molecule has 4 aromatic rings. The molecule has 2 amide bonds. The van der Waals surface area contributed by atoms with E-state index in [9.17, 15) is 14.4 Å². The van der Waals surface area contributed by atoms with Crippen LogP contribution in [0.5, 0.6) is 0 Å². The summed E-state index contributed by atoms with van der Waals surface area (Å²) in [6.45, 7) is 8.59. The first-order valence-electron chi connectivity index (χ1n) is 14.7. The lowest BCUT2D eigenvalue weighted by Crippen LogP contribution is -2.44. The molecule has 2 aliphatic heterocycles. The molecule has 2 N–H and O–H groups in total. The fourth-order valence-electron chi connectivity index (χ4n) is 7.32. The number of likely N-dealkylation sites (tertiary alicyclic amines) is 1. The lowest BCUT2D eigenvalue weighted by atomic mass is 9.88. The molecule has 7 rings (SSSR count). The predicted molar refractivity (Wildman–Crippen MR) is 161 cm³/mol. The molecule has 5 heterocycles. The Labute approximate surface area is 248 Å². The molecule has 218 valence electrons. The second kappa shape index (κ2) is 9.66. The van der Waals surface area contributed by atoms with Gasteiger partial charge in [0, 0.05) is 67.2 Å². The van der Waals surface area contributed by atoms with E-state index in [0.717, 1.165) is 38.5 Å². The average Bonchev–Trinajstić information content (AvgIpc) is 3.46. The molecule has 0 bridgehead atoms. The number of H-pyrrole nitrogens is 2. The molecular formula is C32H35ClN6O3. The van der Waals surface area contributed by atoms with Gasteiger partial charge in [0.15, 0.2) is 0 Å². The summed E-state index contributed by atoms with van der Waals surface area (Å²) in [6, 6.07) is 5.71.